The third-order valence-electron chi connectivity index (χ3n) is 4.62. The number of hydrogen-bond acceptors (Lipinski definition) is 2. The summed E-state index contributed by atoms with van der Waals surface area (Å²) >= 11 is 0. The Hall–Kier alpha value is -1.02. The number of methoxy groups -OCH3 is 1. The van der Waals surface area contributed by atoms with Gasteiger partial charge >= 0.3 is 0 Å². The molecule has 1 fully saturated rings. The molecule has 0 radical (unpaired) electrons. The lowest BCUT2D eigenvalue weighted by Crippen LogP contribution is -2.43. The normalized spacial score (nSPS) is 31.5. The molecule has 0 amide bonds. The molecule has 19 heavy (non-hydrogen) atoms. The Bertz CT molecular complexity index is 427. The average molecular weight is 262 g/mol. The molecule has 1 N–H and O–H groups in total. The highest BCUT2D eigenvalue weighted by atomic mass is 16.5. The predicted octanol–water partition coefficient (Wildman–Crippen LogP) is 3.98. The van der Waals surface area contributed by atoms with Crippen LogP contribution in [0.2, 0.25) is 0 Å². The Balaban J connectivity index is 2.39. The summed E-state index contributed by atoms with van der Waals surface area (Å²) in [6.45, 7) is 6.67. The molecule has 1 aliphatic carbocycles. The molecule has 1 aliphatic rings. The van der Waals surface area contributed by atoms with Gasteiger partial charge in [-0.25, -0.2) is 0 Å². The van der Waals surface area contributed by atoms with E-state index in [1.165, 1.54) is 6.42 Å². The van der Waals surface area contributed by atoms with E-state index >= 15 is 0 Å². The van der Waals surface area contributed by atoms with Gasteiger partial charge in [-0.3, -0.25) is 0 Å². The summed E-state index contributed by atoms with van der Waals surface area (Å²) in [7, 11) is 1.67. The van der Waals surface area contributed by atoms with Crippen LogP contribution in [0.15, 0.2) is 24.3 Å². The minimum atomic E-state index is -0.708. The van der Waals surface area contributed by atoms with Crippen molar-refractivity contribution in [2.45, 2.75) is 45.6 Å². The highest BCUT2D eigenvalue weighted by Gasteiger charge is 2.44. The van der Waals surface area contributed by atoms with E-state index in [0.29, 0.717) is 17.8 Å². The van der Waals surface area contributed by atoms with Crippen molar-refractivity contribution >= 4 is 0 Å². The van der Waals surface area contributed by atoms with Crippen molar-refractivity contribution in [3.8, 4) is 5.75 Å². The molecule has 2 heteroatoms. The van der Waals surface area contributed by atoms with E-state index in [9.17, 15) is 5.11 Å². The average Bonchev–Trinajstić information content (AvgIpc) is 2.38. The van der Waals surface area contributed by atoms with Gasteiger partial charge in [0, 0.05) is 0 Å². The number of benzene rings is 1. The number of hydrogen-bond donors (Lipinski definition) is 1. The maximum atomic E-state index is 11.3. The summed E-state index contributed by atoms with van der Waals surface area (Å²) < 4.78 is 5.30. The Morgan fingerprint density at radius 3 is 2.68 bits per heavy atom. The van der Waals surface area contributed by atoms with Gasteiger partial charge in [-0.1, -0.05) is 39.3 Å². The van der Waals surface area contributed by atoms with Crippen LogP contribution in [0, 0.1) is 17.8 Å². The largest absolute Gasteiger partial charge is 0.497 e. The molecule has 2 rings (SSSR count). The van der Waals surface area contributed by atoms with Crippen LogP contribution in [0.5, 0.6) is 5.75 Å². The van der Waals surface area contributed by atoms with E-state index in [0.717, 1.165) is 24.2 Å². The predicted molar refractivity (Wildman–Crippen MR) is 78.2 cm³/mol. The summed E-state index contributed by atoms with van der Waals surface area (Å²) in [4.78, 5) is 0. The lowest BCUT2D eigenvalue weighted by molar-refractivity contribution is -0.0866. The lowest BCUT2D eigenvalue weighted by Gasteiger charge is -2.45. The lowest BCUT2D eigenvalue weighted by atomic mass is 9.64. The van der Waals surface area contributed by atoms with Crippen LogP contribution < -0.4 is 4.74 Å². The molecule has 3 atom stereocenters. The van der Waals surface area contributed by atoms with Gasteiger partial charge in [-0.05, 0) is 48.3 Å². The fraction of sp³-hybridized carbons (Fsp3) is 0.647. The van der Waals surface area contributed by atoms with E-state index < -0.39 is 5.60 Å². The second-order valence-electron chi connectivity index (χ2n) is 6.39. The van der Waals surface area contributed by atoms with Gasteiger partial charge in [0.2, 0.25) is 0 Å². The number of aliphatic hydroxyl groups is 1. The van der Waals surface area contributed by atoms with E-state index in [4.69, 9.17) is 4.74 Å². The van der Waals surface area contributed by atoms with Crippen LogP contribution in [0.4, 0.5) is 0 Å². The third kappa shape index (κ3) is 2.79. The van der Waals surface area contributed by atoms with Gasteiger partial charge in [0.25, 0.3) is 0 Å². The zero-order valence-corrected chi connectivity index (χ0v) is 12.5. The highest BCUT2D eigenvalue weighted by molar-refractivity contribution is 5.33. The molecule has 0 aliphatic heterocycles. The molecule has 0 saturated heterocycles. The Morgan fingerprint density at radius 2 is 2.05 bits per heavy atom. The summed E-state index contributed by atoms with van der Waals surface area (Å²) in [5.41, 5.74) is 0.303. The van der Waals surface area contributed by atoms with Crippen LogP contribution in [0.25, 0.3) is 0 Å². The zero-order chi connectivity index (χ0) is 14.0. The second-order valence-corrected chi connectivity index (χ2v) is 6.39. The molecular weight excluding hydrogens is 236 g/mol. The fourth-order valence-electron chi connectivity index (χ4n) is 3.60. The quantitative estimate of drug-likeness (QED) is 0.893. The number of ether oxygens (including phenoxy) is 1. The maximum Gasteiger partial charge on any atom is 0.119 e. The van der Waals surface area contributed by atoms with Crippen LogP contribution in [0.1, 0.15) is 45.6 Å². The maximum absolute atomic E-state index is 11.3. The molecule has 0 spiro atoms. The molecule has 0 heterocycles. The molecule has 0 bridgehead atoms. The topological polar surface area (TPSA) is 29.5 Å². The van der Waals surface area contributed by atoms with Gasteiger partial charge in [0.05, 0.1) is 12.7 Å². The Labute approximate surface area is 116 Å². The van der Waals surface area contributed by atoms with E-state index in [1.807, 2.05) is 24.3 Å². The van der Waals surface area contributed by atoms with Crippen molar-refractivity contribution in [2.75, 3.05) is 7.11 Å². The van der Waals surface area contributed by atoms with Crippen LogP contribution >= 0.6 is 0 Å². The highest BCUT2D eigenvalue weighted by Crippen LogP contribution is 2.47. The van der Waals surface area contributed by atoms with Crippen molar-refractivity contribution in [1.82, 2.24) is 0 Å². The van der Waals surface area contributed by atoms with Crippen LogP contribution in [0.3, 0.4) is 0 Å². The molecule has 0 aromatic heterocycles. The molecule has 1 aromatic rings. The van der Waals surface area contributed by atoms with Crippen molar-refractivity contribution in [1.29, 1.82) is 0 Å². The Kier molecular flexibility index (Phi) is 4.19. The Morgan fingerprint density at radius 1 is 1.32 bits per heavy atom. The van der Waals surface area contributed by atoms with E-state index in [1.54, 1.807) is 7.11 Å². The van der Waals surface area contributed by atoms with Crippen LogP contribution in [-0.2, 0) is 5.60 Å². The molecule has 106 valence electrons. The summed E-state index contributed by atoms with van der Waals surface area (Å²) in [5, 5.41) is 11.3. The minimum absolute atomic E-state index is 0.329. The summed E-state index contributed by atoms with van der Waals surface area (Å²) in [5.74, 6) is 2.22. The first-order valence-electron chi connectivity index (χ1n) is 7.34. The summed E-state index contributed by atoms with van der Waals surface area (Å²) in [6.07, 6.45) is 3.17. The molecular formula is C17H26O2. The smallest absolute Gasteiger partial charge is 0.119 e. The molecule has 2 nitrogen and oxygen atoms in total. The standard InChI is InChI=1S/C17H26O2/c1-12(2)16-9-8-13(3)11-17(16,18)14-6-5-7-15(10-14)19-4/h5-7,10,12-13,16,18H,8-9,11H2,1-4H3. The third-order valence-corrected chi connectivity index (χ3v) is 4.62. The van der Waals surface area contributed by atoms with Crippen molar-refractivity contribution in [2.24, 2.45) is 17.8 Å². The molecule has 1 aromatic carbocycles. The second kappa shape index (κ2) is 5.54. The monoisotopic (exact) mass is 262 g/mol. The van der Waals surface area contributed by atoms with Gasteiger partial charge < -0.3 is 9.84 Å². The van der Waals surface area contributed by atoms with Crippen molar-refractivity contribution < 1.29 is 9.84 Å². The SMILES string of the molecule is COc1cccc(C2(O)CC(C)CCC2C(C)C)c1. The summed E-state index contributed by atoms with van der Waals surface area (Å²) in [6, 6.07) is 7.94. The van der Waals surface area contributed by atoms with Gasteiger partial charge in [0.1, 0.15) is 5.75 Å². The minimum Gasteiger partial charge on any atom is -0.497 e. The van der Waals surface area contributed by atoms with Gasteiger partial charge in [-0.2, -0.15) is 0 Å². The number of rotatable bonds is 3. The first-order chi connectivity index (χ1) is 8.97. The molecule has 3 unspecified atom stereocenters. The fourth-order valence-corrected chi connectivity index (χ4v) is 3.60. The first kappa shape index (κ1) is 14.4. The molecule has 1 saturated carbocycles. The van der Waals surface area contributed by atoms with Crippen LogP contribution in [-0.4, -0.2) is 12.2 Å². The van der Waals surface area contributed by atoms with E-state index in [2.05, 4.69) is 20.8 Å². The van der Waals surface area contributed by atoms with E-state index in [-0.39, 0.29) is 0 Å². The van der Waals surface area contributed by atoms with Crippen molar-refractivity contribution in [3.05, 3.63) is 29.8 Å². The van der Waals surface area contributed by atoms with Gasteiger partial charge in [-0.15, -0.1) is 0 Å². The van der Waals surface area contributed by atoms with Gasteiger partial charge in [0.15, 0.2) is 0 Å². The zero-order valence-electron chi connectivity index (χ0n) is 12.5. The van der Waals surface area contributed by atoms with Crippen molar-refractivity contribution in [3.63, 3.8) is 0 Å². The first-order valence-corrected chi connectivity index (χ1v) is 7.34.